The van der Waals surface area contributed by atoms with Gasteiger partial charge in [-0.15, -0.1) is 12.4 Å². The number of likely N-dealkylation sites (tertiary alicyclic amines) is 1. The van der Waals surface area contributed by atoms with E-state index < -0.39 is 0 Å². The molecular weight excluding hydrogens is 326 g/mol. The predicted octanol–water partition coefficient (Wildman–Crippen LogP) is 2.29. The number of nitrogens with zero attached hydrogens (tertiary/aromatic N) is 2. The Balaban J connectivity index is 0.00000288. The van der Waals surface area contributed by atoms with Crippen molar-refractivity contribution in [3.05, 3.63) is 0 Å². The summed E-state index contributed by atoms with van der Waals surface area (Å²) in [5, 5.41) is 3.40. The number of unbranched alkanes of at least 4 members (excludes halogenated alkanes) is 1. The summed E-state index contributed by atoms with van der Waals surface area (Å²) in [5.41, 5.74) is 0. The molecule has 0 aromatic heterocycles. The van der Waals surface area contributed by atoms with Crippen LogP contribution in [0.15, 0.2) is 0 Å². The van der Waals surface area contributed by atoms with Gasteiger partial charge in [0, 0.05) is 44.6 Å². The van der Waals surface area contributed by atoms with Gasteiger partial charge in [0.1, 0.15) is 0 Å². The number of nitrogens with one attached hydrogen (secondary N) is 1. The molecule has 24 heavy (non-hydrogen) atoms. The zero-order valence-corrected chi connectivity index (χ0v) is 16.2. The highest BCUT2D eigenvalue weighted by atomic mass is 35.5. The van der Waals surface area contributed by atoms with E-state index in [-0.39, 0.29) is 30.2 Å². The Morgan fingerprint density at radius 2 is 1.83 bits per heavy atom. The van der Waals surface area contributed by atoms with Crippen molar-refractivity contribution in [2.75, 3.05) is 33.2 Å². The zero-order chi connectivity index (χ0) is 16.8. The molecule has 2 heterocycles. The van der Waals surface area contributed by atoms with Gasteiger partial charge in [-0.25, -0.2) is 0 Å². The minimum absolute atomic E-state index is 0. The zero-order valence-electron chi connectivity index (χ0n) is 15.4. The predicted molar refractivity (Wildman–Crippen MR) is 99.3 cm³/mol. The molecule has 0 bridgehead atoms. The molecule has 0 aromatic rings. The monoisotopic (exact) mass is 359 g/mol. The number of carbonyl (C=O) groups excluding carboxylic acids is 2. The number of hydrogen-bond acceptors (Lipinski definition) is 3. The van der Waals surface area contributed by atoms with Crippen LogP contribution in [0.1, 0.15) is 52.4 Å². The lowest BCUT2D eigenvalue weighted by Gasteiger charge is -2.37. The first-order valence-corrected chi connectivity index (χ1v) is 9.30. The molecule has 2 atom stereocenters. The van der Waals surface area contributed by atoms with Crippen LogP contribution in [0.2, 0.25) is 0 Å². The third-order valence-electron chi connectivity index (χ3n) is 5.35. The first-order chi connectivity index (χ1) is 11.0. The lowest BCUT2D eigenvalue weighted by molar-refractivity contribution is -0.142. The van der Waals surface area contributed by atoms with Gasteiger partial charge in [-0.3, -0.25) is 9.59 Å². The molecule has 2 amide bonds. The lowest BCUT2D eigenvalue weighted by Crippen LogP contribution is -2.48. The number of carbonyl (C=O) groups is 2. The molecule has 0 radical (unpaired) electrons. The molecule has 0 saturated carbocycles. The first kappa shape index (κ1) is 21.2. The molecule has 0 aromatic carbocycles. The fourth-order valence-corrected chi connectivity index (χ4v) is 3.78. The highest BCUT2D eigenvalue weighted by molar-refractivity contribution is 5.85. The molecule has 1 N–H and O–H groups in total. The number of piperidine rings is 2. The van der Waals surface area contributed by atoms with Crippen LogP contribution in [0.5, 0.6) is 0 Å². The molecule has 2 aliphatic heterocycles. The number of rotatable bonds is 5. The highest BCUT2D eigenvalue weighted by Gasteiger charge is 2.33. The van der Waals surface area contributed by atoms with Crippen LogP contribution in [0.4, 0.5) is 0 Å². The van der Waals surface area contributed by atoms with E-state index in [0.717, 1.165) is 64.7 Å². The molecule has 140 valence electrons. The summed E-state index contributed by atoms with van der Waals surface area (Å²) in [7, 11) is 1.91. The van der Waals surface area contributed by atoms with E-state index in [9.17, 15) is 9.59 Å². The normalized spacial score (nSPS) is 25.0. The summed E-state index contributed by atoms with van der Waals surface area (Å²) >= 11 is 0. The molecule has 2 fully saturated rings. The minimum Gasteiger partial charge on any atom is -0.346 e. The summed E-state index contributed by atoms with van der Waals surface area (Å²) in [6.45, 7) is 7.57. The lowest BCUT2D eigenvalue weighted by atomic mass is 9.89. The molecule has 2 rings (SSSR count). The third kappa shape index (κ3) is 5.62. The molecule has 5 nitrogen and oxygen atoms in total. The molecule has 6 heteroatoms. The fourth-order valence-electron chi connectivity index (χ4n) is 3.78. The van der Waals surface area contributed by atoms with E-state index in [4.69, 9.17) is 0 Å². The second-order valence-corrected chi connectivity index (χ2v) is 7.29. The van der Waals surface area contributed by atoms with E-state index >= 15 is 0 Å². The van der Waals surface area contributed by atoms with Gasteiger partial charge < -0.3 is 15.1 Å². The quantitative estimate of drug-likeness (QED) is 0.819. The Labute approximate surface area is 152 Å². The maximum Gasteiger partial charge on any atom is 0.225 e. The Morgan fingerprint density at radius 1 is 1.17 bits per heavy atom. The topological polar surface area (TPSA) is 52.7 Å². The highest BCUT2D eigenvalue weighted by Crippen LogP contribution is 2.24. The Hall–Kier alpha value is -0.810. The maximum atomic E-state index is 12.7. The summed E-state index contributed by atoms with van der Waals surface area (Å²) in [4.78, 5) is 29.0. The summed E-state index contributed by atoms with van der Waals surface area (Å²) in [6, 6.07) is 0.434. The van der Waals surface area contributed by atoms with E-state index in [1.165, 1.54) is 0 Å². The second-order valence-electron chi connectivity index (χ2n) is 7.29. The summed E-state index contributed by atoms with van der Waals surface area (Å²) in [5.74, 6) is 0.850. The van der Waals surface area contributed by atoms with Crippen LogP contribution in [-0.4, -0.2) is 60.9 Å². The first-order valence-electron chi connectivity index (χ1n) is 9.30. The molecule has 0 aliphatic carbocycles. The average Bonchev–Trinajstić information content (AvgIpc) is 2.58. The van der Waals surface area contributed by atoms with Crippen LogP contribution in [0.3, 0.4) is 0 Å². The van der Waals surface area contributed by atoms with Gasteiger partial charge in [-0.2, -0.15) is 0 Å². The number of hydrogen-bond donors (Lipinski definition) is 1. The van der Waals surface area contributed by atoms with Crippen LogP contribution >= 0.6 is 12.4 Å². The molecule has 0 unspecified atom stereocenters. The van der Waals surface area contributed by atoms with E-state index in [0.29, 0.717) is 11.9 Å². The van der Waals surface area contributed by atoms with Gasteiger partial charge in [0.2, 0.25) is 11.8 Å². The summed E-state index contributed by atoms with van der Waals surface area (Å²) < 4.78 is 0. The van der Waals surface area contributed by atoms with Gasteiger partial charge in [0.05, 0.1) is 0 Å². The minimum atomic E-state index is 0. The average molecular weight is 360 g/mol. The smallest absolute Gasteiger partial charge is 0.225 e. The van der Waals surface area contributed by atoms with Crippen molar-refractivity contribution < 1.29 is 9.59 Å². The van der Waals surface area contributed by atoms with Gasteiger partial charge in [0.15, 0.2) is 0 Å². The van der Waals surface area contributed by atoms with Crippen LogP contribution in [0.25, 0.3) is 0 Å². The number of amides is 2. The van der Waals surface area contributed by atoms with E-state index in [1.54, 1.807) is 0 Å². The van der Waals surface area contributed by atoms with Crippen molar-refractivity contribution >= 4 is 24.2 Å². The van der Waals surface area contributed by atoms with Crippen molar-refractivity contribution in [2.45, 2.75) is 58.4 Å². The Bertz CT molecular complexity index is 411. The van der Waals surface area contributed by atoms with Crippen LogP contribution in [-0.2, 0) is 9.59 Å². The van der Waals surface area contributed by atoms with Crippen molar-refractivity contribution in [1.82, 2.24) is 15.1 Å². The van der Waals surface area contributed by atoms with E-state index in [1.807, 2.05) is 16.8 Å². The number of halogens is 1. The van der Waals surface area contributed by atoms with Crippen molar-refractivity contribution in [2.24, 2.45) is 11.8 Å². The third-order valence-corrected chi connectivity index (χ3v) is 5.35. The maximum absolute atomic E-state index is 12.7. The van der Waals surface area contributed by atoms with Crippen LogP contribution in [0, 0.1) is 11.8 Å². The molecule has 2 aliphatic rings. The SMILES string of the molecule is CCCCN(C)C(=O)C1CCN(C(=O)[C@H]2CCN[C@@H](C)C2)CC1.Cl. The van der Waals surface area contributed by atoms with Gasteiger partial charge >= 0.3 is 0 Å². The van der Waals surface area contributed by atoms with E-state index in [2.05, 4.69) is 19.2 Å². The van der Waals surface area contributed by atoms with Crippen molar-refractivity contribution in [1.29, 1.82) is 0 Å². The standard InChI is InChI=1S/C18H33N3O2.ClH/c1-4-5-10-20(3)17(22)15-7-11-21(12-8-15)18(23)16-6-9-19-14(2)13-16;/h14-16,19H,4-13H2,1-3H3;1H/t14-,16-;/m0./s1. The molecule has 2 saturated heterocycles. The Kier molecular flexibility index (Phi) is 9.06. The summed E-state index contributed by atoms with van der Waals surface area (Å²) in [6.07, 6.45) is 5.70. The fraction of sp³-hybridized carbons (Fsp3) is 0.889. The van der Waals surface area contributed by atoms with Crippen molar-refractivity contribution in [3.8, 4) is 0 Å². The van der Waals surface area contributed by atoms with Gasteiger partial charge in [-0.1, -0.05) is 13.3 Å². The Morgan fingerprint density at radius 3 is 2.42 bits per heavy atom. The van der Waals surface area contributed by atoms with Gasteiger partial charge in [0.25, 0.3) is 0 Å². The molecule has 0 spiro atoms. The molecular formula is C18H34ClN3O2. The van der Waals surface area contributed by atoms with Crippen LogP contribution < -0.4 is 5.32 Å². The largest absolute Gasteiger partial charge is 0.346 e. The van der Waals surface area contributed by atoms with Gasteiger partial charge in [-0.05, 0) is 45.6 Å². The van der Waals surface area contributed by atoms with Crippen molar-refractivity contribution in [3.63, 3.8) is 0 Å². The second kappa shape index (κ2) is 10.2.